The first-order chi connectivity index (χ1) is 13.0. The molecule has 3 aromatic heterocycles. The van der Waals surface area contributed by atoms with Gasteiger partial charge in [0.1, 0.15) is 0 Å². The monoisotopic (exact) mass is 365 g/mol. The third-order valence-corrected chi connectivity index (χ3v) is 5.68. The highest BCUT2D eigenvalue weighted by Crippen LogP contribution is 2.35. The lowest BCUT2D eigenvalue weighted by Gasteiger charge is -2.40. The zero-order valence-electron chi connectivity index (χ0n) is 16.2. The highest BCUT2D eigenvalue weighted by atomic mass is 16.2. The first-order valence-electron chi connectivity index (χ1n) is 9.54. The number of piperidine rings is 1. The fraction of sp³-hybridized carbons (Fsp3) is 0.429. The number of aromatic nitrogens is 3. The summed E-state index contributed by atoms with van der Waals surface area (Å²) in [6, 6.07) is 8.25. The van der Waals surface area contributed by atoms with Crippen LogP contribution in [0, 0.1) is 5.92 Å². The molecule has 0 N–H and O–H groups in total. The van der Waals surface area contributed by atoms with Gasteiger partial charge in [-0.05, 0) is 50.6 Å². The van der Waals surface area contributed by atoms with Crippen LogP contribution in [0.15, 0.2) is 49.1 Å². The third kappa shape index (κ3) is 3.49. The average Bonchev–Trinajstić information content (AvgIpc) is 3.27. The Kier molecular flexibility index (Phi) is 4.74. The van der Waals surface area contributed by atoms with Crippen LogP contribution in [0.1, 0.15) is 34.8 Å². The Morgan fingerprint density at radius 1 is 1.30 bits per heavy atom. The van der Waals surface area contributed by atoms with E-state index in [0.717, 1.165) is 37.0 Å². The smallest absolute Gasteiger partial charge is 0.255 e. The number of hydrogen-bond donors (Lipinski definition) is 0. The molecule has 4 rings (SSSR count). The van der Waals surface area contributed by atoms with Gasteiger partial charge < -0.3 is 9.30 Å². The number of aryl methyl sites for hydroxylation is 1. The van der Waals surface area contributed by atoms with E-state index in [4.69, 9.17) is 0 Å². The number of likely N-dealkylation sites (tertiary alicyclic amines) is 1. The van der Waals surface area contributed by atoms with E-state index in [9.17, 15) is 4.79 Å². The number of pyridine rings is 1. The molecule has 2 atom stereocenters. The van der Waals surface area contributed by atoms with Crippen molar-refractivity contribution in [2.45, 2.75) is 18.9 Å². The summed E-state index contributed by atoms with van der Waals surface area (Å²) in [6.07, 6.45) is 10.2. The summed E-state index contributed by atoms with van der Waals surface area (Å²) in [5, 5.41) is 4.35. The van der Waals surface area contributed by atoms with E-state index < -0.39 is 0 Å². The molecule has 3 aromatic rings. The van der Waals surface area contributed by atoms with Crippen LogP contribution in [-0.4, -0.2) is 57.1 Å². The molecule has 27 heavy (non-hydrogen) atoms. The van der Waals surface area contributed by atoms with Gasteiger partial charge in [-0.15, -0.1) is 0 Å². The van der Waals surface area contributed by atoms with Crippen LogP contribution in [0.3, 0.4) is 0 Å². The Labute approximate surface area is 160 Å². The van der Waals surface area contributed by atoms with E-state index in [2.05, 4.69) is 23.2 Å². The molecule has 0 bridgehead atoms. The summed E-state index contributed by atoms with van der Waals surface area (Å²) in [4.78, 5) is 17.3. The molecule has 0 radical (unpaired) electrons. The number of rotatable bonds is 4. The number of hydrogen-bond acceptors (Lipinski definition) is 3. The molecule has 1 fully saturated rings. The largest absolute Gasteiger partial charge is 0.341 e. The Balaban J connectivity index is 1.52. The molecule has 0 saturated carbocycles. The number of amides is 1. The molecule has 6 heteroatoms. The minimum Gasteiger partial charge on any atom is -0.341 e. The maximum Gasteiger partial charge on any atom is 0.255 e. The summed E-state index contributed by atoms with van der Waals surface area (Å²) < 4.78 is 3.85. The summed E-state index contributed by atoms with van der Waals surface area (Å²) >= 11 is 0. The summed E-state index contributed by atoms with van der Waals surface area (Å²) in [6.45, 7) is 1.83. The van der Waals surface area contributed by atoms with Gasteiger partial charge in [0.15, 0.2) is 0 Å². The van der Waals surface area contributed by atoms with Crippen molar-refractivity contribution < 1.29 is 4.79 Å². The molecule has 1 aliphatic heterocycles. The van der Waals surface area contributed by atoms with Gasteiger partial charge in [0.05, 0.1) is 11.8 Å². The predicted octanol–water partition coefficient (Wildman–Crippen LogP) is 2.83. The zero-order chi connectivity index (χ0) is 19.0. The van der Waals surface area contributed by atoms with Gasteiger partial charge >= 0.3 is 0 Å². The molecular weight excluding hydrogens is 338 g/mol. The normalized spacial score (nSPS) is 20.9. The average molecular weight is 365 g/mol. The lowest BCUT2D eigenvalue weighted by molar-refractivity contribution is 0.0645. The number of carbonyl (C=O) groups is 1. The van der Waals surface area contributed by atoms with Gasteiger partial charge in [-0.2, -0.15) is 5.10 Å². The Morgan fingerprint density at radius 2 is 2.15 bits per heavy atom. The first-order valence-corrected chi connectivity index (χ1v) is 9.54. The van der Waals surface area contributed by atoms with E-state index >= 15 is 0 Å². The van der Waals surface area contributed by atoms with E-state index in [-0.39, 0.29) is 5.91 Å². The van der Waals surface area contributed by atoms with Crippen LogP contribution < -0.4 is 0 Å². The van der Waals surface area contributed by atoms with Crippen molar-refractivity contribution in [2.24, 2.45) is 13.0 Å². The van der Waals surface area contributed by atoms with E-state index in [1.54, 1.807) is 0 Å². The van der Waals surface area contributed by atoms with Gasteiger partial charge in [-0.3, -0.25) is 14.4 Å². The van der Waals surface area contributed by atoms with Gasteiger partial charge in [-0.25, -0.2) is 0 Å². The Hall–Kier alpha value is -2.60. The van der Waals surface area contributed by atoms with Crippen molar-refractivity contribution in [1.82, 2.24) is 24.0 Å². The van der Waals surface area contributed by atoms with Crippen LogP contribution >= 0.6 is 0 Å². The molecule has 6 nitrogen and oxygen atoms in total. The maximum absolute atomic E-state index is 13.0. The molecule has 0 aliphatic carbocycles. The van der Waals surface area contributed by atoms with E-state index in [1.807, 2.05) is 70.9 Å². The fourth-order valence-corrected chi connectivity index (χ4v) is 4.40. The van der Waals surface area contributed by atoms with E-state index in [1.165, 1.54) is 5.56 Å². The molecule has 0 aromatic carbocycles. The van der Waals surface area contributed by atoms with Crippen molar-refractivity contribution in [1.29, 1.82) is 0 Å². The van der Waals surface area contributed by atoms with Gasteiger partial charge in [-0.1, -0.05) is 6.07 Å². The molecule has 4 heterocycles. The molecular formula is C21H27N5O. The highest BCUT2D eigenvalue weighted by Gasteiger charge is 2.33. The third-order valence-electron chi connectivity index (χ3n) is 5.68. The second-order valence-corrected chi connectivity index (χ2v) is 7.72. The van der Waals surface area contributed by atoms with Gasteiger partial charge in [0, 0.05) is 56.4 Å². The number of fused-ring (bicyclic) bond motifs is 1. The molecule has 0 spiro atoms. The SMILES string of the molecule is CN(C[C@@H]1CCCN(C)[C@H]1c1cnn(C)c1)C(=O)c1cc2ccccn2c1. The van der Waals surface area contributed by atoms with Crippen LogP contribution in [0.2, 0.25) is 0 Å². The minimum absolute atomic E-state index is 0.0804. The maximum atomic E-state index is 13.0. The quantitative estimate of drug-likeness (QED) is 0.714. The minimum atomic E-state index is 0.0804. The Morgan fingerprint density at radius 3 is 2.89 bits per heavy atom. The lowest BCUT2D eigenvalue weighted by Crippen LogP contribution is -2.42. The standard InChI is InChI=1S/C21H27N5O/c1-23-9-6-7-16(20(23)18-12-22-25(3)14-18)13-24(2)21(27)17-11-19-8-4-5-10-26(19)15-17/h4-5,8,10-12,14-16,20H,6-7,9,13H2,1-3H3/t16-,20+/m0/s1. The summed E-state index contributed by atoms with van der Waals surface area (Å²) in [5.74, 6) is 0.482. The van der Waals surface area contributed by atoms with Crippen LogP contribution in [0.4, 0.5) is 0 Å². The second kappa shape index (κ2) is 7.19. The highest BCUT2D eigenvalue weighted by molar-refractivity contribution is 5.95. The molecule has 0 unspecified atom stereocenters. The van der Waals surface area contributed by atoms with Crippen molar-refractivity contribution in [3.05, 3.63) is 60.2 Å². The van der Waals surface area contributed by atoms with Crippen LogP contribution in [0.25, 0.3) is 5.52 Å². The number of carbonyl (C=O) groups excluding carboxylic acids is 1. The zero-order valence-corrected chi connectivity index (χ0v) is 16.2. The van der Waals surface area contributed by atoms with E-state index in [0.29, 0.717) is 12.0 Å². The van der Waals surface area contributed by atoms with Crippen LogP contribution in [0.5, 0.6) is 0 Å². The molecule has 1 amide bonds. The Bertz CT molecular complexity index is 910. The second-order valence-electron chi connectivity index (χ2n) is 7.72. The van der Waals surface area contributed by atoms with Crippen LogP contribution in [-0.2, 0) is 7.05 Å². The fourth-order valence-electron chi connectivity index (χ4n) is 4.40. The van der Waals surface area contributed by atoms with Gasteiger partial charge in [0.2, 0.25) is 0 Å². The van der Waals surface area contributed by atoms with Crippen molar-refractivity contribution in [3.63, 3.8) is 0 Å². The summed E-state index contributed by atoms with van der Waals surface area (Å²) in [7, 11) is 6.04. The van der Waals surface area contributed by atoms with Crippen molar-refractivity contribution in [3.8, 4) is 0 Å². The van der Waals surface area contributed by atoms with Crippen molar-refractivity contribution >= 4 is 11.4 Å². The topological polar surface area (TPSA) is 45.8 Å². The molecule has 1 saturated heterocycles. The predicted molar refractivity (Wildman–Crippen MR) is 106 cm³/mol. The molecule has 1 aliphatic rings. The summed E-state index contributed by atoms with van der Waals surface area (Å²) in [5.41, 5.74) is 3.02. The van der Waals surface area contributed by atoms with Crippen molar-refractivity contribution in [2.75, 3.05) is 27.2 Å². The van der Waals surface area contributed by atoms with Gasteiger partial charge in [0.25, 0.3) is 5.91 Å². The number of nitrogens with zero attached hydrogens (tertiary/aromatic N) is 5. The lowest BCUT2D eigenvalue weighted by atomic mass is 9.85. The molecule has 142 valence electrons. The first kappa shape index (κ1) is 17.8.